The van der Waals surface area contributed by atoms with E-state index in [-0.39, 0.29) is 0 Å². The van der Waals surface area contributed by atoms with Crippen LogP contribution in [0.5, 0.6) is 0 Å². The van der Waals surface area contributed by atoms with Crippen molar-refractivity contribution in [2.45, 2.75) is 31.6 Å². The average molecular weight is 184 g/mol. The van der Waals surface area contributed by atoms with Crippen LogP contribution < -0.4 is 0 Å². The lowest BCUT2D eigenvalue weighted by atomic mass is 10.0. The fraction of sp³-hybridized carbons (Fsp3) is 0.385. The number of hydrogen-bond acceptors (Lipinski definition) is 0. The molecule has 1 heteroatoms. The molecule has 1 saturated carbocycles. The molecule has 1 heterocycles. The lowest BCUT2D eigenvalue weighted by Crippen LogP contribution is -1.91. The lowest BCUT2D eigenvalue weighted by molar-refractivity contribution is 0.704. The molecule has 1 aromatic heterocycles. The van der Waals surface area contributed by atoms with Crippen molar-refractivity contribution in [3.05, 3.63) is 36.0 Å². The second-order valence-corrected chi connectivity index (χ2v) is 4.19. The Bertz CT molecular complexity index is 402. The molecule has 0 bridgehead atoms. The summed E-state index contributed by atoms with van der Waals surface area (Å²) < 4.78 is 0. The van der Waals surface area contributed by atoms with Crippen LogP contribution in [0.15, 0.2) is 24.3 Å². The van der Waals surface area contributed by atoms with Gasteiger partial charge in [-0.05, 0) is 24.8 Å². The maximum atomic E-state index is 3.48. The van der Waals surface area contributed by atoms with E-state index in [1.54, 1.807) is 0 Å². The minimum absolute atomic E-state index is 0.738. The number of fused-ring (bicyclic) bond motifs is 1. The van der Waals surface area contributed by atoms with Crippen molar-refractivity contribution in [3.8, 4) is 0 Å². The molecule has 1 N–H and O–H groups in total. The van der Waals surface area contributed by atoms with Gasteiger partial charge in [0, 0.05) is 22.7 Å². The summed E-state index contributed by atoms with van der Waals surface area (Å²) in [5.74, 6) is 0.738. The predicted octanol–water partition coefficient (Wildman–Crippen LogP) is 3.63. The first-order valence-corrected chi connectivity index (χ1v) is 5.43. The maximum absolute atomic E-state index is 3.48. The number of nitrogens with one attached hydrogen (secondary N) is 1. The highest BCUT2D eigenvalue weighted by molar-refractivity contribution is 5.79. The molecule has 1 aromatic carbocycles. The Morgan fingerprint density at radius 3 is 2.71 bits per heavy atom. The first-order chi connectivity index (χ1) is 6.93. The fourth-order valence-electron chi connectivity index (χ4n) is 2.44. The highest BCUT2D eigenvalue weighted by atomic mass is 14.7. The molecule has 1 radical (unpaired) electrons. The van der Waals surface area contributed by atoms with Crippen molar-refractivity contribution in [3.63, 3.8) is 0 Å². The van der Waals surface area contributed by atoms with E-state index in [2.05, 4.69) is 35.3 Å². The topological polar surface area (TPSA) is 15.8 Å². The summed E-state index contributed by atoms with van der Waals surface area (Å²) in [7, 11) is 0. The SMILES string of the molecule is [c]1c(C2CCCC2)[nH]c2ccccc12. The largest absolute Gasteiger partial charge is 0.358 e. The smallest absolute Gasteiger partial charge is 0.0462 e. The van der Waals surface area contributed by atoms with Gasteiger partial charge >= 0.3 is 0 Å². The van der Waals surface area contributed by atoms with Crippen molar-refractivity contribution in [1.29, 1.82) is 0 Å². The Kier molecular flexibility index (Phi) is 1.83. The summed E-state index contributed by atoms with van der Waals surface area (Å²) in [5, 5.41) is 1.23. The van der Waals surface area contributed by atoms with Gasteiger partial charge in [0.15, 0.2) is 0 Å². The van der Waals surface area contributed by atoms with E-state index in [4.69, 9.17) is 0 Å². The highest BCUT2D eigenvalue weighted by Gasteiger charge is 2.18. The van der Waals surface area contributed by atoms with Gasteiger partial charge in [-0.2, -0.15) is 0 Å². The molecule has 2 aromatic rings. The Balaban J connectivity index is 2.05. The van der Waals surface area contributed by atoms with Gasteiger partial charge < -0.3 is 4.98 Å². The van der Waals surface area contributed by atoms with Crippen molar-refractivity contribution in [2.24, 2.45) is 0 Å². The summed E-state index contributed by atoms with van der Waals surface area (Å²) >= 11 is 0. The van der Waals surface area contributed by atoms with E-state index in [0.29, 0.717) is 0 Å². The minimum atomic E-state index is 0.738. The number of benzene rings is 1. The van der Waals surface area contributed by atoms with E-state index in [9.17, 15) is 0 Å². The molecule has 0 saturated heterocycles. The summed E-state index contributed by atoms with van der Waals surface area (Å²) in [5.41, 5.74) is 2.55. The molecule has 1 nitrogen and oxygen atoms in total. The standard InChI is InChI=1S/C13H14N/c1-2-6-10(5-1)13-9-11-7-3-4-8-12(11)14-13/h3-4,7-8,10,14H,1-2,5-6H2. The molecule has 0 atom stereocenters. The molecule has 1 aliphatic carbocycles. The number of para-hydroxylation sites is 1. The molecule has 0 spiro atoms. The van der Waals surface area contributed by atoms with Gasteiger partial charge in [-0.3, -0.25) is 0 Å². The van der Waals surface area contributed by atoms with Crippen LogP contribution >= 0.6 is 0 Å². The number of rotatable bonds is 1. The van der Waals surface area contributed by atoms with Crippen molar-refractivity contribution < 1.29 is 0 Å². The number of aromatic amines is 1. The normalized spacial score (nSPS) is 18.0. The molecule has 0 aliphatic heterocycles. The Morgan fingerprint density at radius 2 is 1.93 bits per heavy atom. The van der Waals surface area contributed by atoms with Crippen molar-refractivity contribution in [2.75, 3.05) is 0 Å². The van der Waals surface area contributed by atoms with Crippen molar-refractivity contribution in [1.82, 2.24) is 4.98 Å². The van der Waals surface area contributed by atoms with Gasteiger partial charge in [0.2, 0.25) is 0 Å². The first-order valence-electron chi connectivity index (χ1n) is 5.43. The molecule has 1 fully saturated rings. The highest BCUT2D eigenvalue weighted by Crippen LogP contribution is 2.34. The molecule has 3 rings (SSSR count). The van der Waals surface area contributed by atoms with E-state index >= 15 is 0 Å². The van der Waals surface area contributed by atoms with Crippen LogP contribution in [0.2, 0.25) is 0 Å². The average Bonchev–Trinajstić information content (AvgIpc) is 2.86. The van der Waals surface area contributed by atoms with Gasteiger partial charge in [0.1, 0.15) is 0 Å². The summed E-state index contributed by atoms with van der Waals surface area (Å²) in [4.78, 5) is 3.48. The van der Waals surface area contributed by atoms with Gasteiger partial charge in [-0.25, -0.2) is 0 Å². The lowest BCUT2D eigenvalue weighted by Gasteiger charge is -2.03. The zero-order chi connectivity index (χ0) is 9.38. The first kappa shape index (κ1) is 8.10. The summed E-state index contributed by atoms with van der Waals surface area (Å²) in [6.45, 7) is 0. The molecule has 71 valence electrons. The Labute approximate surface area is 84.1 Å². The molecule has 1 aliphatic rings. The third-order valence-corrected chi connectivity index (χ3v) is 3.23. The van der Waals surface area contributed by atoms with Crippen LogP contribution in [-0.4, -0.2) is 4.98 Å². The summed E-state index contributed by atoms with van der Waals surface area (Å²) in [6.07, 6.45) is 5.44. The Hall–Kier alpha value is -1.24. The zero-order valence-electron chi connectivity index (χ0n) is 8.22. The van der Waals surface area contributed by atoms with E-state index < -0.39 is 0 Å². The third kappa shape index (κ3) is 1.24. The minimum Gasteiger partial charge on any atom is -0.358 e. The van der Waals surface area contributed by atoms with Gasteiger partial charge in [-0.15, -0.1) is 0 Å². The van der Waals surface area contributed by atoms with E-state index in [1.165, 1.54) is 42.3 Å². The predicted molar refractivity (Wildman–Crippen MR) is 58.3 cm³/mol. The maximum Gasteiger partial charge on any atom is 0.0462 e. The second-order valence-electron chi connectivity index (χ2n) is 4.19. The molecule has 0 amide bonds. The van der Waals surface area contributed by atoms with Gasteiger partial charge in [-0.1, -0.05) is 31.0 Å². The van der Waals surface area contributed by atoms with Gasteiger partial charge in [0.25, 0.3) is 0 Å². The molecular formula is C13H14N. The number of hydrogen-bond donors (Lipinski definition) is 1. The Morgan fingerprint density at radius 1 is 1.14 bits per heavy atom. The van der Waals surface area contributed by atoms with Crippen LogP contribution in [0.25, 0.3) is 10.9 Å². The quantitative estimate of drug-likeness (QED) is 0.696. The number of aromatic nitrogens is 1. The van der Waals surface area contributed by atoms with Crippen LogP contribution in [0.1, 0.15) is 37.3 Å². The van der Waals surface area contributed by atoms with Crippen LogP contribution in [0.4, 0.5) is 0 Å². The van der Waals surface area contributed by atoms with Crippen LogP contribution in [-0.2, 0) is 0 Å². The second kappa shape index (κ2) is 3.16. The van der Waals surface area contributed by atoms with Crippen LogP contribution in [0.3, 0.4) is 0 Å². The van der Waals surface area contributed by atoms with Crippen LogP contribution in [0, 0.1) is 6.07 Å². The number of H-pyrrole nitrogens is 1. The van der Waals surface area contributed by atoms with Gasteiger partial charge in [0.05, 0.1) is 0 Å². The molecule has 0 unspecified atom stereocenters. The fourth-order valence-corrected chi connectivity index (χ4v) is 2.44. The van der Waals surface area contributed by atoms with E-state index in [1.807, 2.05) is 0 Å². The van der Waals surface area contributed by atoms with Crippen molar-refractivity contribution >= 4 is 10.9 Å². The van der Waals surface area contributed by atoms with E-state index in [0.717, 1.165) is 5.92 Å². The zero-order valence-corrected chi connectivity index (χ0v) is 8.22. The third-order valence-electron chi connectivity index (χ3n) is 3.23. The monoisotopic (exact) mass is 184 g/mol. The molecular weight excluding hydrogens is 170 g/mol. The molecule has 14 heavy (non-hydrogen) atoms. The summed E-state index contributed by atoms with van der Waals surface area (Å²) in [6, 6.07) is 11.9.